The summed E-state index contributed by atoms with van der Waals surface area (Å²) in [5.41, 5.74) is 1.29. The van der Waals surface area contributed by atoms with Crippen LogP contribution in [0.5, 0.6) is 11.5 Å². The van der Waals surface area contributed by atoms with E-state index in [0.717, 1.165) is 12.8 Å². The van der Waals surface area contributed by atoms with E-state index in [9.17, 15) is 9.59 Å². The van der Waals surface area contributed by atoms with E-state index in [0.29, 0.717) is 36.0 Å². The number of carbonyl (C=O) groups is 2. The largest absolute Gasteiger partial charge is 0.497 e. The molecule has 7 nitrogen and oxygen atoms in total. The van der Waals surface area contributed by atoms with Crippen LogP contribution in [0.2, 0.25) is 0 Å². The lowest BCUT2D eigenvalue weighted by atomic mass is 9.97. The van der Waals surface area contributed by atoms with Gasteiger partial charge in [0.1, 0.15) is 11.5 Å². The van der Waals surface area contributed by atoms with E-state index >= 15 is 0 Å². The second-order valence-corrected chi connectivity index (χ2v) is 6.64. The molecule has 0 saturated carbocycles. The highest BCUT2D eigenvalue weighted by Gasteiger charge is 2.29. The molecule has 1 atom stereocenters. The zero-order chi connectivity index (χ0) is 19.9. The lowest BCUT2D eigenvalue weighted by Gasteiger charge is -2.32. The molecule has 0 bridgehead atoms. The van der Waals surface area contributed by atoms with Crippen molar-refractivity contribution in [3.8, 4) is 11.5 Å². The Morgan fingerprint density at radius 1 is 1.04 bits per heavy atom. The molecule has 148 valence electrons. The van der Waals surface area contributed by atoms with Crippen LogP contribution < -0.4 is 20.1 Å². The first-order chi connectivity index (χ1) is 13.6. The summed E-state index contributed by atoms with van der Waals surface area (Å²) < 4.78 is 10.5. The first-order valence-electron chi connectivity index (χ1n) is 9.24. The molecule has 0 spiro atoms. The number of rotatable bonds is 5. The van der Waals surface area contributed by atoms with Gasteiger partial charge in [-0.05, 0) is 37.1 Å². The fourth-order valence-electron chi connectivity index (χ4n) is 3.26. The van der Waals surface area contributed by atoms with Gasteiger partial charge in [-0.1, -0.05) is 18.2 Å². The molecular formula is C21H25N3O4. The molecule has 3 amide bonds. The number of piperidine rings is 1. The third-order valence-electron chi connectivity index (χ3n) is 4.77. The van der Waals surface area contributed by atoms with E-state index in [4.69, 9.17) is 9.47 Å². The minimum Gasteiger partial charge on any atom is -0.497 e. The molecule has 2 N–H and O–H groups in total. The second kappa shape index (κ2) is 9.12. The van der Waals surface area contributed by atoms with Gasteiger partial charge in [0.2, 0.25) is 5.91 Å². The summed E-state index contributed by atoms with van der Waals surface area (Å²) in [6, 6.07) is 14.2. The van der Waals surface area contributed by atoms with Gasteiger partial charge in [0.05, 0.1) is 25.8 Å². The maximum atomic E-state index is 12.7. The maximum absolute atomic E-state index is 12.7. The summed E-state index contributed by atoms with van der Waals surface area (Å²) in [4.78, 5) is 27.0. The summed E-state index contributed by atoms with van der Waals surface area (Å²) in [6.45, 7) is 0.991. The zero-order valence-electron chi connectivity index (χ0n) is 16.1. The Labute approximate surface area is 164 Å². The molecular weight excluding hydrogens is 358 g/mol. The monoisotopic (exact) mass is 383 g/mol. The molecule has 28 heavy (non-hydrogen) atoms. The predicted molar refractivity (Wildman–Crippen MR) is 108 cm³/mol. The number of hydrogen-bond donors (Lipinski definition) is 2. The number of amides is 3. The molecule has 1 fully saturated rings. The number of urea groups is 1. The Balaban J connectivity index is 1.61. The Hall–Kier alpha value is -3.22. The van der Waals surface area contributed by atoms with E-state index < -0.39 is 0 Å². The molecule has 1 saturated heterocycles. The topological polar surface area (TPSA) is 79.9 Å². The molecule has 0 aromatic heterocycles. The van der Waals surface area contributed by atoms with Gasteiger partial charge in [-0.15, -0.1) is 0 Å². The van der Waals surface area contributed by atoms with Crippen LogP contribution in [0.15, 0.2) is 48.5 Å². The van der Waals surface area contributed by atoms with Crippen molar-refractivity contribution in [2.45, 2.75) is 12.8 Å². The normalized spacial score (nSPS) is 16.2. The zero-order valence-corrected chi connectivity index (χ0v) is 16.1. The molecule has 1 aliphatic heterocycles. The SMILES string of the molecule is COc1cccc(NC(=O)N2CCC[C@H](C(=O)Nc3ccccc3OC)C2)c1. The lowest BCUT2D eigenvalue weighted by molar-refractivity contribution is -0.121. The highest BCUT2D eigenvalue weighted by molar-refractivity contribution is 5.95. The first kappa shape index (κ1) is 19.5. The Morgan fingerprint density at radius 2 is 1.86 bits per heavy atom. The van der Waals surface area contributed by atoms with Gasteiger partial charge in [-0.2, -0.15) is 0 Å². The average Bonchev–Trinajstić information content (AvgIpc) is 2.74. The Morgan fingerprint density at radius 3 is 2.64 bits per heavy atom. The van der Waals surface area contributed by atoms with Gasteiger partial charge >= 0.3 is 6.03 Å². The number of nitrogens with one attached hydrogen (secondary N) is 2. The van der Waals surface area contributed by atoms with Crippen molar-refractivity contribution in [3.05, 3.63) is 48.5 Å². The number of ether oxygens (including phenoxy) is 2. The number of benzene rings is 2. The highest BCUT2D eigenvalue weighted by Crippen LogP contribution is 2.26. The van der Waals surface area contributed by atoms with Gasteiger partial charge in [0.15, 0.2) is 0 Å². The smallest absolute Gasteiger partial charge is 0.321 e. The number of likely N-dealkylation sites (tertiary alicyclic amines) is 1. The van der Waals surface area contributed by atoms with Crippen LogP contribution >= 0.6 is 0 Å². The summed E-state index contributed by atoms with van der Waals surface area (Å²) in [5, 5.41) is 5.79. The quantitative estimate of drug-likeness (QED) is 0.827. The van der Waals surface area contributed by atoms with Gasteiger partial charge in [-0.25, -0.2) is 4.79 Å². The molecule has 1 heterocycles. The first-order valence-corrected chi connectivity index (χ1v) is 9.24. The number of methoxy groups -OCH3 is 2. The Kier molecular flexibility index (Phi) is 6.37. The number of anilines is 2. The third kappa shape index (κ3) is 4.73. The fourth-order valence-corrected chi connectivity index (χ4v) is 3.26. The van der Waals surface area contributed by atoms with Crippen LogP contribution in [0, 0.1) is 5.92 Å². The lowest BCUT2D eigenvalue weighted by Crippen LogP contribution is -2.45. The minimum absolute atomic E-state index is 0.108. The van der Waals surface area contributed by atoms with Crippen LogP contribution in [-0.4, -0.2) is 44.1 Å². The van der Waals surface area contributed by atoms with Crippen molar-refractivity contribution in [2.24, 2.45) is 5.92 Å². The van der Waals surface area contributed by atoms with E-state index in [-0.39, 0.29) is 17.9 Å². The molecule has 0 aliphatic carbocycles. The molecule has 2 aromatic rings. The van der Waals surface area contributed by atoms with Crippen LogP contribution in [0.3, 0.4) is 0 Å². The van der Waals surface area contributed by atoms with Crippen LogP contribution in [-0.2, 0) is 4.79 Å². The highest BCUT2D eigenvalue weighted by atomic mass is 16.5. The molecule has 3 rings (SSSR count). The van der Waals surface area contributed by atoms with E-state index in [2.05, 4.69) is 10.6 Å². The van der Waals surface area contributed by atoms with Crippen molar-refractivity contribution in [3.63, 3.8) is 0 Å². The van der Waals surface area contributed by atoms with Gasteiger partial charge in [0, 0.05) is 24.8 Å². The molecule has 2 aromatic carbocycles. The number of hydrogen-bond acceptors (Lipinski definition) is 4. The van der Waals surface area contributed by atoms with E-state index in [1.165, 1.54) is 0 Å². The van der Waals surface area contributed by atoms with Crippen molar-refractivity contribution in [1.82, 2.24) is 4.90 Å². The number of nitrogens with zero attached hydrogens (tertiary/aromatic N) is 1. The number of carbonyl (C=O) groups excluding carboxylic acids is 2. The summed E-state index contributed by atoms with van der Waals surface area (Å²) in [6.07, 6.45) is 1.51. The molecule has 0 unspecified atom stereocenters. The maximum Gasteiger partial charge on any atom is 0.321 e. The van der Waals surface area contributed by atoms with Gasteiger partial charge in [-0.3, -0.25) is 4.79 Å². The van der Waals surface area contributed by atoms with Crippen molar-refractivity contribution in [2.75, 3.05) is 37.9 Å². The van der Waals surface area contributed by atoms with Crippen LogP contribution in [0.4, 0.5) is 16.2 Å². The average molecular weight is 383 g/mol. The predicted octanol–water partition coefficient (Wildman–Crippen LogP) is 3.59. The number of para-hydroxylation sites is 2. The summed E-state index contributed by atoms with van der Waals surface area (Å²) >= 11 is 0. The molecule has 1 aliphatic rings. The van der Waals surface area contributed by atoms with Gasteiger partial charge < -0.3 is 25.0 Å². The Bertz CT molecular complexity index is 840. The van der Waals surface area contributed by atoms with E-state index in [1.807, 2.05) is 24.3 Å². The third-order valence-corrected chi connectivity index (χ3v) is 4.77. The second-order valence-electron chi connectivity index (χ2n) is 6.64. The van der Waals surface area contributed by atoms with Crippen LogP contribution in [0.1, 0.15) is 12.8 Å². The van der Waals surface area contributed by atoms with Crippen molar-refractivity contribution in [1.29, 1.82) is 0 Å². The van der Waals surface area contributed by atoms with Crippen LogP contribution in [0.25, 0.3) is 0 Å². The molecule has 0 radical (unpaired) electrons. The van der Waals surface area contributed by atoms with Crippen molar-refractivity contribution >= 4 is 23.3 Å². The van der Waals surface area contributed by atoms with E-state index in [1.54, 1.807) is 43.4 Å². The molecule has 7 heteroatoms. The summed E-state index contributed by atoms with van der Waals surface area (Å²) in [7, 11) is 3.15. The summed E-state index contributed by atoms with van der Waals surface area (Å²) in [5.74, 6) is 0.905. The fraction of sp³-hybridized carbons (Fsp3) is 0.333. The van der Waals surface area contributed by atoms with Crippen molar-refractivity contribution < 1.29 is 19.1 Å². The van der Waals surface area contributed by atoms with Gasteiger partial charge in [0.25, 0.3) is 0 Å². The minimum atomic E-state index is -0.269. The standard InChI is InChI=1S/C21H25N3O4/c1-27-17-9-5-8-16(13-17)22-21(26)24-12-6-7-15(14-24)20(25)23-18-10-3-4-11-19(18)28-2/h3-5,8-11,13,15H,6-7,12,14H2,1-2H3,(H,22,26)(H,23,25)/t15-/m0/s1.